The molecule has 4 aromatic carbocycles. The van der Waals surface area contributed by atoms with Crippen LogP contribution in [0, 0.1) is 13.8 Å². The van der Waals surface area contributed by atoms with Crippen LogP contribution in [0.1, 0.15) is 74.8 Å². The number of hydrogen-bond donors (Lipinski definition) is 0. The third-order valence-electron chi connectivity index (χ3n) is 7.07. The molecule has 36 heavy (non-hydrogen) atoms. The van der Waals surface area contributed by atoms with E-state index in [1.165, 1.54) is 12.1 Å². The van der Waals surface area contributed by atoms with Crippen molar-refractivity contribution < 1.29 is 19.2 Å². The molecule has 0 atom stereocenters. The summed E-state index contributed by atoms with van der Waals surface area (Å²) in [4.78, 5) is 54.6. The summed E-state index contributed by atoms with van der Waals surface area (Å²) in [6.45, 7) is 3.46. The average Bonchev–Trinajstić information content (AvgIpc) is 2.88. The maximum Gasteiger partial charge on any atom is 0.195 e. The lowest BCUT2D eigenvalue weighted by atomic mass is 9.74. The van der Waals surface area contributed by atoms with E-state index in [9.17, 15) is 19.2 Å². The van der Waals surface area contributed by atoms with Crippen molar-refractivity contribution in [2.24, 2.45) is 0 Å². The summed E-state index contributed by atoms with van der Waals surface area (Å²) < 4.78 is 0. The van der Waals surface area contributed by atoms with E-state index in [-0.39, 0.29) is 66.6 Å². The van der Waals surface area contributed by atoms with Gasteiger partial charge in [0.25, 0.3) is 0 Å². The summed E-state index contributed by atoms with van der Waals surface area (Å²) in [5, 5.41) is 0.541. The van der Waals surface area contributed by atoms with Crippen LogP contribution in [0.25, 0.3) is 11.1 Å². The Balaban J connectivity index is 1.76. The van der Waals surface area contributed by atoms with Crippen molar-refractivity contribution in [3.05, 3.63) is 126 Å². The summed E-state index contributed by atoms with van der Waals surface area (Å²) in [6, 6.07) is 16.2. The molecule has 4 nitrogen and oxygen atoms in total. The molecule has 0 aromatic heterocycles. The molecular weight excluding hydrogens is 495 g/mol. The Kier molecular flexibility index (Phi) is 4.91. The molecule has 0 saturated heterocycles. The number of benzene rings is 4. The first kappa shape index (κ1) is 22.6. The van der Waals surface area contributed by atoms with Crippen LogP contribution in [0.3, 0.4) is 0 Å². The number of carbonyl (C=O) groups is 4. The van der Waals surface area contributed by atoms with Crippen molar-refractivity contribution in [3.8, 4) is 11.1 Å². The van der Waals surface area contributed by atoms with Crippen LogP contribution in [0.2, 0.25) is 10.0 Å². The Morgan fingerprint density at radius 1 is 0.444 bits per heavy atom. The van der Waals surface area contributed by atoms with Crippen LogP contribution in [0.4, 0.5) is 0 Å². The predicted octanol–water partition coefficient (Wildman–Crippen LogP) is 6.83. The van der Waals surface area contributed by atoms with Crippen molar-refractivity contribution in [1.29, 1.82) is 0 Å². The van der Waals surface area contributed by atoms with E-state index >= 15 is 0 Å². The van der Waals surface area contributed by atoms with Gasteiger partial charge in [0.2, 0.25) is 0 Å². The fourth-order valence-corrected chi connectivity index (χ4v) is 5.68. The number of carbonyl (C=O) groups excluding carboxylic acids is 4. The highest BCUT2D eigenvalue weighted by Gasteiger charge is 2.38. The van der Waals surface area contributed by atoms with Gasteiger partial charge in [-0.05, 0) is 48.2 Å². The third kappa shape index (κ3) is 2.89. The van der Waals surface area contributed by atoms with Gasteiger partial charge in [0.15, 0.2) is 23.1 Å². The molecule has 2 aliphatic rings. The molecule has 2 aliphatic carbocycles. The lowest BCUT2D eigenvalue weighted by Gasteiger charge is -2.27. The quantitative estimate of drug-likeness (QED) is 0.243. The number of fused-ring (bicyclic) bond motifs is 4. The summed E-state index contributed by atoms with van der Waals surface area (Å²) in [5.74, 6) is -1.36. The molecule has 0 amide bonds. The SMILES string of the molecule is Cc1c(Cl)cc2c(c1-c1c(C)c(Cl)cc3c1C(=O)c1ccccc1C3=O)C(=O)c1ccccc1C2=O. The second-order valence-corrected chi connectivity index (χ2v) is 9.78. The number of rotatable bonds is 1. The van der Waals surface area contributed by atoms with E-state index in [4.69, 9.17) is 23.2 Å². The topological polar surface area (TPSA) is 68.3 Å². The standard InChI is InChI=1S/C30H16Cl2O4/c1-13-21(31)11-19-25(29(35)17-9-5-3-7-15(17)27(19)33)23(13)24-14(2)22(32)12-20-26(24)30(36)18-10-6-4-8-16(18)28(20)34/h3-12H,1-2H3. The summed E-state index contributed by atoms with van der Waals surface area (Å²) in [6.07, 6.45) is 0. The Hall–Kier alpha value is -3.86. The Labute approximate surface area is 216 Å². The summed E-state index contributed by atoms with van der Waals surface area (Å²) >= 11 is 13.2. The van der Waals surface area contributed by atoms with Crippen molar-refractivity contribution in [2.75, 3.05) is 0 Å². The molecule has 4 aromatic rings. The Bertz CT molecular complexity index is 1620. The highest BCUT2D eigenvalue weighted by atomic mass is 35.5. The fraction of sp³-hybridized carbons (Fsp3) is 0.0667. The van der Waals surface area contributed by atoms with Crippen LogP contribution in [-0.4, -0.2) is 23.1 Å². The van der Waals surface area contributed by atoms with Gasteiger partial charge in [-0.15, -0.1) is 0 Å². The zero-order valence-electron chi connectivity index (χ0n) is 19.2. The number of ketones is 4. The summed E-state index contributed by atoms with van der Waals surface area (Å²) in [7, 11) is 0. The maximum absolute atomic E-state index is 13.8. The van der Waals surface area contributed by atoms with Gasteiger partial charge in [0.05, 0.1) is 0 Å². The van der Waals surface area contributed by atoms with Gasteiger partial charge in [-0.1, -0.05) is 71.7 Å². The van der Waals surface area contributed by atoms with Crippen LogP contribution in [-0.2, 0) is 0 Å². The molecular formula is C30H16Cl2O4. The molecule has 0 N–H and O–H groups in total. The van der Waals surface area contributed by atoms with Gasteiger partial charge in [0.1, 0.15) is 0 Å². The first-order valence-electron chi connectivity index (χ1n) is 11.3. The normalized spacial score (nSPS) is 13.8. The molecule has 0 fully saturated rings. The van der Waals surface area contributed by atoms with Crippen LogP contribution < -0.4 is 0 Å². The van der Waals surface area contributed by atoms with Crippen molar-refractivity contribution in [1.82, 2.24) is 0 Å². The molecule has 0 radical (unpaired) electrons. The second kappa shape index (κ2) is 7.82. The van der Waals surface area contributed by atoms with Crippen LogP contribution in [0.5, 0.6) is 0 Å². The molecule has 0 saturated carbocycles. The first-order chi connectivity index (χ1) is 17.2. The van der Waals surface area contributed by atoms with Gasteiger partial charge in [-0.2, -0.15) is 0 Å². The lowest BCUT2D eigenvalue weighted by Crippen LogP contribution is -2.25. The summed E-state index contributed by atoms with van der Waals surface area (Å²) in [5.41, 5.74) is 3.52. The van der Waals surface area contributed by atoms with Gasteiger partial charge in [0, 0.05) is 54.6 Å². The van der Waals surface area contributed by atoms with Gasteiger partial charge >= 0.3 is 0 Å². The van der Waals surface area contributed by atoms with Crippen LogP contribution >= 0.6 is 23.2 Å². The van der Waals surface area contributed by atoms with Crippen molar-refractivity contribution >= 4 is 46.3 Å². The highest BCUT2D eigenvalue weighted by molar-refractivity contribution is 6.38. The van der Waals surface area contributed by atoms with E-state index in [1.807, 2.05) is 0 Å². The molecule has 0 aliphatic heterocycles. The predicted molar refractivity (Wildman–Crippen MR) is 138 cm³/mol. The van der Waals surface area contributed by atoms with Gasteiger partial charge in [-0.3, -0.25) is 19.2 Å². The maximum atomic E-state index is 13.8. The van der Waals surface area contributed by atoms with Crippen molar-refractivity contribution in [3.63, 3.8) is 0 Å². The molecule has 6 rings (SSSR count). The van der Waals surface area contributed by atoms with Crippen molar-refractivity contribution in [2.45, 2.75) is 13.8 Å². The number of hydrogen-bond acceptors (Lipinski definition) is 4. The molecule has 0 heterocycles. The van der Waals surface area contributed by atoms with Gasteiger partial charge in [-0.25, -0.2) is 0 Å². The van der Waals surface area contributed by atoms with E-state index < -0.39 is 0 Å². The zero-order valence-corrected chi connectivity index (χ0v) is 20.7. The molecule has 0 bridgehead atoms. The Morgan fingerprint density at radius 2 is 0.750 bits per heavy atom. The monoisotopic (exact) mass is 510 g/mol. The lowest BCUT2D eigenvalue weighted by molar-refractivity contribution is 0.0978. The van der Waals surface area contributed by atoms with Gasteiger partial charge < -0.3 is 0 Å². The minimum Gasteiger partial charge on any atom is -0.289 e. The van der Waals surface area contributed by atoms with E-state index in [1.54, 1.807) is 62.4 Å². The molecule has 0 unspecified atom stereocenters. The third-order valence-corrected chi connectivity index (χ3v) is 7.86. The second-order valence-electron chi connectivity index (χ2n) is 8.97. The highest BCUT2D eigenvalue weighted by Crippen LogP contribution is 2.46. The van der Waals surface area contributed by atoms with Crippen LogP contribution in [0.15, 0.2) is 60.7 Å². The molecule has 174 valence electrons. The fourth-order valence-electron chi connectivity index (χ4n) is 5.27. The van der Waals surface area contributed by atoms with E-state index in [0.29, 0.717) is 33.4 Å². The molecule has 6 heteroatoms. The van der Waals surface area contributed by atoms with E-state index in [0.717, 1.165) is 0 Å². The smallest absolute Gasteiger partial charge is 0.195 e. The molecule has 0 spiro atoms. The average molecular weight is 511 g/mol. The largest absolute Gasteiger partial charge is 0.289 e. The zero-order chi connectivity index (χ0) is 25.5. The number of halogens is 2. The first-order valence-corrected chi connectivity index (χ1v) is 12.0. The minimum atomic E-state index is -0.349. The minimum absolute atomic E-state index is 0.160. The Morgan fingerprint density at radius 3 is 1.08 bits per heavy atom. The van der Waals surface area contributed by atoms with E-state index in [2.05, 4.69) is 0 Å².